The number of rotatable bonds is 3. The summed E-state index contributed by atoms with van der Waals surface area (Å²) >= 11 is 3.01. The van der Waals surface area contributed by atoms with Gasteiger partial charge in [0.15, 0.2) is 4.73 Å². The summed E-state index contributed by atoms with van der Waals surface area (Å²) in [7, 11) is 0. The largest absolute Gasteiger partial charge is 0.470 e. The summed E-state index contributed by atoms with van der Waals surface area (Å²) in [5.74, 6) is -0.0214. The summed E-state index contributed by atoms with van der Waals surface area (Å²) in [6.45, 7) is 3.53. The van der Waals surface area contributed by atoms with Gasteiger partial charge in [0, 0.05) is 0 Å². The Kier molecular flexibility index (Phi) is 3.34. The van der Waals surface area contributed by atoms with Crippen LogP contribution in [0.15, 0.2) is 10.9 Å². The van der Waals surface area contributed by atoms with E-state index in [1.807, 2.05) is 0 Å². The molecular formula is C7H8BrN3O3. The number of aromatic nitrogens is 2. The van der Waals surface area contributed by atoms with Crippen molar-refractivity contribution < 1.29 is 9.66 Å². The number of ether oxygens (including phenoxy) is 1. The maximum Gasteiger partial charge on any atom is 0.349 e. The molecule has 0 amide bonds. The van der Waals surface area contributed by atoms with Crippen molar-refractivity contribution in [2.45, 2.75) is 20.0 Å². The predicted octanol–water partition coefficient (Wildman–Crippen LogP) is 1.93. The standard InChI is InChI=1S/C7H8BrN3O3/c1-4(2)14-6-5(11(12)13)3-9-7(8)10-6/h3-4H,1-2H3. The summed E-state index contributed by atoms with van der Waals surface area (Å²) in [6.07, 6.45) is 0.935. The van der Waals surface area contributed by atoms with Crippen LogP contribution >= 0.6 is 15.9 Å². The van der Waals surface area contributed by atoms with Crippen LogP contribution in [0.2, 0.25) is 0 Å². The zero-order valence-electron chi connectivity index (χ0n) is 7.60. The summed E-state index contributed by atoms with van der Waals surface area (Å²) in [5.41, 5.74) is -0.234. The minimum absolute atomic E-state index is 0.0214. The summed E-state index contributed by atoms with van der Waals surface area (Å²) < 4.78 is 5.43. The van der Waals surface area contributed by atoms with Crippen LogP contribution in [0, 0.1) is 10.1 Å². The van der Waals surface area contributed by atoms with Gasteiger partial charge in [0.2, 0.25) is 0 Å². The maximum atomic E-state index is 10.5. The summed E-state index contributed by atoms with van der Waals surface area (Å²) in [4.78, 5) is 17.4. The second kappa shape index (κ2) is 4.32. The van der Waals surface area contributed by atoms with E-state index >= 15 is 0 Å². The van der Waals surface area contributed by atoms with Crippen molar-refractivity contribution in [1.82, 2.24) is 9.97 Å². The average Bonchev–Trinajstić information content (AvgIpc) is 2.01. The van der Waals surface area contributed by atoms with E-state index in [1.165, 1.54) is 0 Å². The molecule has 1 rings (SSSR count). The molecule has 0 spiro atoms. The zero-order chi connectivity index (χ0) is 10.7. The van der Waals surface area contributed by atoms with E-state index in [1.54, 1.807) is 13.8 Å². The molecule has 1 aromatic rings. The highest BCUT2D eigenvalue weighted by molar-refractivity contribution is 9.10. The first-order valence-electron chi connectivity index (χ1n) is 3.84. The van der Waals surface area contributed by atoms with Crippen LogP contribution in [0.5, 0.6) is 5.88 Å². The first-order chi connectivity index (χ1) is 6.50. The molecule has 6 nitrogen and oxygen atoms in total. The number of nitro groups is 1. The number of nitrogens with zero attached hydrogens (tertiary/aromatic N) is 3. The Bertz CT molecular complexity index is 356. The second-order valence-corrected chi connectivity index (χ2v) is 3.46. The van der Waals surface area contributed by atoms with Crippen molar-refractivity contribution in [3.8, 4) is 5.88 Å². The SMILES string of the molecule is CC(C)Oc1nc(Br)ncc1[N+](=O)[O-]. The quantitative estimate of drug-likeness (QED) is 0.472. The summed E-state index contributed by atoms with van der Waals surface area (Å²) in [6, 6.07) is 0. The normalized spacial score (nSPS) is 10.3. The highest BCUT2D eigenvalue weighted by Crippen LogP contribution is 2.25. The van der Waals surface area contributed by atoms with Crippen molar-refractivity contribution in [3.05, 3.63) is 21.0 Å². The van der Waals surface area contributed by atoms with Crippen molar-refractivity contribution in [1.29, 1.82) is 0 Å². The molecule has 0 saturated carbocycles. The highest BCUT2D eigenvalue weighted by atomic mass is 79.9. The Morgan fingerprint density at radius 1 is 1.64 bits per heavy atom. The minimum Gasteiger partial charge on any atom is -0.470 e. The Labute approximate surface area is 88.6 Å². The molecule has 0 aliphatic heterocycles. The fourth-order valence-electron chi connectivity index (χ4n) is 0.775. The lowest BCUT2D eigenvalue weighted by molar-refractivity contribution is -0.386. The predicted molar refractivity (Wildman–Crippen MR) is 52.2 cm³/mol. The molecule has 0 atom stereocenters. The molecular weight excluding hydrogens is 254 g/mol. The molecule has 1 aromatic heterocycles. The molecule has 0 unspecified atom stereocenters. The Morgan fingerprint density at radius 2 is 2.29 bits per heavy atom. The van der Waals surface area contributed by atoms with Gasteiger partial charge in [-0.25, -0.2) is 4.98 Å². The van der Waals surface area contributed by atoms with Crippen molar-refractivity contribution in [2.75, 3.05) is 0 Å². The first kappa shape index (κ1) is 10.8. The van der Waals surface area contributed by atoms with Gasteiger partial charge < -0.3 is 4.74 Å². The van der Waals surface area contributed by atoms with Gasteiger partial charge in [0.1, 0.15) is 6.20 Å². The van der Waals surface area contributed by atoms with E-state index < -0.39 is 4.92 Å². The number of hydrogen-bond acceptors (Lipinski definition) is 5. The van der Waals surface area contributed by atoms with E-state index in [-0.39, 0.29) is 22.4 Å². The van der Waals surface area contributed by atoms with Gasteiger partial charge in [-0.3, -0.25) is 10.1 Å². The van der Waals surface area contributed by atoms with Crippen LogP contribution < -0.4 is 4.74 Å². The monoisotopic (exact) mass is 261 g/mol. The topological polar surface area (TPSA) is 78.2 Å². The van der Waals surface area contributed by atoms with E-state index in [9.17, 15) is 10.1 Å². The summed E-state index contributed by atoms with van der Waals surface area (Å²) in [5, 5.41) is 10.5. The lowest BCUT2D eigenvalue weighted by atomic mass is 10.4. The molecule has 0 aromatic carbocycles. The van der Waals surface area contributed by atoms with Crippen LogP contribution in [0.3, 0.4) is 0 Å². The molecule has 14 heavy (non-hydrogen) atoms. The van der Waals surface area contributed by atoms with Crippen LogP contribution in [-0.4, -0.2) is 21.0 Å². The van der Waals surface area contributed by atoms with E-state index in [0.29, 0.717) is 0 Å². The first-order valence-corrected chi connectivity index (χ1v) is 4.63. The fraction of sp³-hybridized carbons (Fsp3) is 0.429. The van der Waals surface area contributed by atoms with Gasteiger partial charge >= 0.3 is 5.69 Å². The third kappa shape index (κ3) is 2.63. The lowest BCUT2D eigenvalue weighted by Gasteiger charge is -2.07. The van der Waals surface area contributed by atoms with E-state index in [2.05, 4.69) is 25.9 Å². The Hall–Kier alpha value is -1.24. The van der Waals surface area contributed by atoms with Crippen molar-refractivity contribution in [2.24, 2.45) is 0 Å². The van der Waals surface area contributed by atoms with Gasteiger partial charge in [-0.1, -0.05) is 0 Å². The fourth-order valence-corrected chi connectivity index (χ4v) is 1.04. The molecule has 0 aliphatic carbocycles. The molecule has 76 valence electrons. The van der Waals surface area contributed by atoms with Crippen LogP contribution in [0.25, 0.3) is 0 Å². The number of halogens is 1. The Morgan fingerprint density at radius 3 is 2.79 bits per heavy atom. The minimum atomic E-state index is -0.579. The number of hydrogen-bond donors (Lipinski definition) is 0. The van der Waals surface area contributed by atoms with Crippen LogP contribution in [0.1, 0.15) is 13.8 Å². The third-order valence-electron chi connectivity index (χ3n) is 1.25. The molecule has 1 heterocycles. The van der Waals surface area contributed by atoms with Crippen molar-refractivity contribution >= 4 is 21.6 Å². The lowest BCUT2D eigenvalue weighted by Crippen LogP contribution is -2.09. The molecule has 0 N–H and O–H groups in total. The molecule has 0 saturated heterocycles. The van der Waals surface area contributed by atoms with E-state index in [0.717, 1.165) is 6.20 Å². The average molecular weight is 262 g/mol. The smallest absolute Gasteiger partial charge is 0.349 e. The van der Waals surface area contributed by atoms with E-state index in [4.69, 9.17) is 4.74 Å². The van der Waals surface area contributed by atoms with Crippen LogP contribution in [-0.2, 0) is 0 Å². The van der Waals surface area contributed by atoms with Gasteiger partial charge in [-0.2, -0.15) is 4.98 Å². The maximum absolute atomic E-state index is 10.5. The highest BCUT2D eigenvalue weighted by Gasteiger charge is 2.19. The molecule has 0 radical (unpaired) electrons. The third-order valence-corrected chi connectivity index (χ3v) is 1.63. The van der Waals surface area contributed by atoms with Gasteiger partial charge in [-0.05, 0) is 29.8 Å². The molecule has 0 aliphatic rings. The molecule has 0 bridgehead atoms. The van der Waals surface area contributed by atoms with Gasteiger partial charge in [0.05, 0.1) is 11.0 Å². The molecule has 0 fully saturated rings. The van der Waals surface area contributed by atoms with Crippen LogP contribution in [0.4, 0.5) is 5.69 Å². The second-order valence-electron chi connectivity index (χ2n) is 2.75. The van der Waals surface area contributed by atoms with Crippen molar-refractivity contribution in [3.63, 3.8) is 0 Å². The van der Waals surface area contributed by atoms with Gasteiger partial charge in [-0.15, -0.1) is 0 Å². The van der Waals surface area contributed by atoms with Gasteiger partial charge in [0.25, 0.3) is 5.88 Å². The Balaban J connectivity index is 3.09. The zero-order valence-corrected chi connectivity index (χ0v) is 9.19. The molecule has 7 heteroatoms.